The second-order valence-electron chi connectivity index (χ2n) is 7.47. The van der Waals surface area contributed by atoms with Crippen LogP contribution >= 0.6 is 0 Å². The lowest BCUT2D eigenvalue weighted by Gasteiger charge is -2.24. The molecule has 5 heteroatoms. The maximum absolute atomic E-state index is 13.1. The molecule has 32 heavy (non-hydrogen) atoms. The maximum atomic E-state index is 13.1. The van der Waals surface area contributed by atoms with Crippen molar-refractivity contribution in [2.75, 3.05) is 18.5 Å². The second-order valence-corrected chi connectivity index (χ2v) is 7.47. The van der Waals surface area contributed by atoms with E-state index >= 15 is 0 Å². The van der Waals surface area contributed by atoms with Crippen LogP contribution < -0.4 is 5.32 Å². The summed E-state index contributed by atoms with van der Waals surface area (Å²) in [6, 6.07) is 26.4. The molecule has 0 spiro atoms. The summed E-state index contributed by atoms with van der Waals surface area (Å²) in [5.41, 5.74) is 4.28. The highest BCUT2D eigenvalue weighted by Crippen LogP contribution is 2.15. The number of rotatable bonds is 8. The molecule has 3 aromatic rings. The van der Waals surface area contributed by atoms with Crippen molar-refractivity contribution in [3.63, 3.8) is 0 Å². The van der Waals surface area contributed by atoms with E-state index in [2.05, 4.69) is 11.4 Å². The average molecular weight is 429 g/mol. The molecule has 2 amide bonds. The highest BCUT2D eigenvalue weighted by atomic mass is 16.5. The minimum Gasteiger partial charge on any atom is -0.462 e. The lowest BCUT2D eigenvalue weighted by molar-refractivity contribution is 0.0526. The first-order chi connectivity index (χ1) is 15.5. The van der Waals surface area contributed by atoms with Gasteiger partial charge in [0.05, 0.1) is 12.2 Å². The zero-order chi connectivity index (χ0) is 22.8. The van der Waals surface area contributed by atoms with Crippen LogP contribution in [0.15, 0.2) is 90.5 Å². The molecular weight excluding hydrogens is 400 g/mol. The first kappa shape index (κ1) is 22.8. The number of carbonyl (C=O) groups is 2. The van der Waals surface area contributed by atoms with E-state index in [1.807, 2.05) is 67.6 Å². The fourth-order valence-corrected chi connectivity index (χ4v) is 3.29. The number of ether oxygens (including phenoxy) is 1. The van der Waals surface area contributed by atoms with Gasteiger partial charge in [0.25, 0.3) is 0 Å². The molecule has 0 aliphatic heterocycles. The normalized spacial score (nSPS) is 11.0. The number of urea groups is 1. The summed E-state index contributed by atoms with van der Waals surface area (Å²) in [4.78, 5) is 26.7. The summed E-state index contributed by atoms with van der Waals surface area (Å²) < 4.78 is 5.01. The van der Waals surface area contributed by atoms with Crippen molar-refractivity contribution >= 4 is 23.8 Å². The number of nitrogens with one attached hydrogen (secondary N) is 1. The highest BCUT2D eigenvalue weighted by Gasteiger charge is 2.15. The van der Waals surface area contributed by atoms with Gasteiger partial charge in [-0.25, -0.2) is 9.59 Å². The Morgan fingerprint density at radius 3 is 2.16 bits per heavy atom. The molecule has 3 rings (SSSR count). The van der Waals surface area contributed by atoms with E-state index in [0.29, 0.717) is 30.9 Å². The summed E-state index contributed by atoms with van der Waals surface area (Å²) in [5.74, 6) is -0.377. The summed E-state index contributed by atoms with van der Waals surface area (Å²) in [6.45, 7) is 5.07. The van der Waals surface area contributed by atoms with Crippen molar-refractivity contribution in [1.29, 1.82) is 0 Å². The van der Waals surface area contributed by atoms with Crippen molar-refractivity contribution < 1.29 is 14.3 Å². The van der Waals surface area contributed by atoms with Crippen LogP contribution in [-0.2, 0) is 11.3 Å². The molecule has 5 nitrogen and oxygen atoms in total. The van der Waals surface area contributed by atoms with Gasteiger partial charge in [-0.1, -0.05) is 72.3 Å². The minimum absolute atomic E-state index is 0.210. The molecule has 0 fully saturated rings. The molecule has 0 aliphatic rings. The van der Waals surface area contributed by atoms with E-state index in [9.17, 15) is 9.59 Å². The maximum Gasteiger partial charge on any atom is 0.338 e. The number of nitrogens with zero attached hydrogens (tertiary/aromatic N) is 1. The van der Waals surface area contributed by atoms with Gasteiger partial charge in [-0.2, -0.15) is 0 Å². The summed E-state index contributed by atoms with van der Waals surface area (Å²) in [6.07, 6.45) is 2.08. The molecule has 0 aliphatic carbocycles. The molecule has 0 atom stereocenters. The number of anilines is 1. The van der Waals surface area contributed by atoms with Crippen LogP contribution in [-0.4, -0.2) is 30.1 Å². The third-order valence-corrected chi connectivity index (χ3v) is 4.80. The number of benzene rings is 3. The Bertz CT molecular complexity index is 1050. The van der Waals surface area contributed by atoms with Gasteiger partial charge in [0.2, 0.25) is 0 Å². The van der Waals surface area contributed by atoms with Crippen molar-refractivity contribution in [1.82, 2.24) is 4.90 Å². The van der Waals surface area contributed by atoms with Crippen molar-refractivity contribution in [3.8, 4) is 0 Å². The van der Waals surface area contributed by atoms with Gasteiger partial charge < -0.3 is 15.0 Å². The third-order valence-electron chi connectivity index (χ3n) is 4.80. The van der Waals surface area contributed by atoms with E-state index < -0.39 is 0 Å². The Balaban J connectivity index is 1.74. The zero-order valence-corrected chi connectivity index (χ0v) is 18.5. The van der Waals surface area contributed by atoms with E-state index in [1.165, 1.54) is 0 Å². The monoisotopic (exact) mass is 428 g/mol. The van der Waals surface area contributed by atoms with Gasteiger partial charge in [-0.3, -0.25) is 0 Å². The van der Waals surface area contributed by atoms with Crippen LogP contribution in [0, 0.1) is 0 Å². The average Bonchev–Trinajstić information content (AvgIpc) is 2.80. The van der Waals surface area contributed by atoms with Crippen LogP contribution in [0.4, 0.5) is 10.5 Å². The molecule has 0 saturated carbocycles. The Morgan fingerprint density at radius 1 is 0.906 bits per heavy atom. The Morgan fingerprint density at radius 2 is 1.53 bits per heavy atom. The van der Waals surface area contributed by atoms with E-state index in [1.54, 1.807) is 36.1 Å². The van der Waals surface area contributed by atoms with Crippen molar-refractivity contribution in [2.45, 2.75) is 20.4 Å². The van der Waals surface area contributed by atoms with E-state index in [4.69, 9.17) is 4.74 Å². The van der Waals surface area contributed by atoms with E-state index in [0.717, 1.165) is 16.7 Å². The van der Waals surface area contributed by atoms with Gasteiger partial charge in [0.1, 0.15) is 0 Å². The van der Waals surface area contributed by atoms with Crippen molar-refractivity contribution in [3.05, 3.63) is 107 Å². The fourth-order valence-electron chi connectivity index (χ4n) is 3.29. The molecule has 3 aromatic carbocycles. The minimum atomic E-state index is -0.377. The molecule has 0 saturated heterocycles. The van der Waals surface area contributed by atoms with Gasteiger partial charge in [-0.15, -0.1) is 0 Å². The van der Waals surface area contributed by atoms with Gasteiger partial charge in [0, 0.05) is 18.8 Å². The first-order valence-electron chi connectivity index (χ1n) is 10.6. The number of hydrogen-bond acceptors (Lipinski definition) is 3. The number of esters is 1. The molecule has 0 bridgehead atoms. The molecule has 164 valence electrons. The van der Waals surface area contributed by atoms with Gasteiger partial charge in [0.15, 0.2) is 0 Å². The van der Waals surface area contributed by atoms with Crippen LogP contribution in [0.1, 0.15) is 35.3 Å². The van der Waals surface area contributed by atoms with Crippen LogP contribution in [0.3, 0.4) is 0 Å². The van der Waals surface area contributed by atoms with Crippen LogP contribution in [0.25, 0.3) is 6.08 Å². The predicted molar refractivity (Wildman–Crippen MR) is 128 cm³/mol. The quantitative estimate of drug-likeness (QED) is 0.448. The Kier molecular flexibility index (Phi) is 8.21. The molecule has 1 N–H and O–H groups in total. The number of amides is 2. The van der Waals surface area contributed by atoms with E-state index in [-0.39, 0.29) is 12.0 Å². The fraction of sp³-hybridized carbons (Fsp3) is 0.185. The predicted octanol–water partition coefficient (Wildman–Crippen LogP) is 6.00. The summed E-state index contributed by atoms with van der Waals surface area (Å²) in [5, 5.41) is 2.94. The van der Waals surface area contributed by atoms with Gasteiger partial charge >= 0.3 is 12.0 Å². The molecule has 0 unspecified atom stereocenters. The smallest absolute Gasteiger partial charge is 0.338 e. The molecular formula is C27H28N2O3. The van der Waals surface area contributed by atoms with Crippen molar-refractivity contribution in [2.24, 2.45) is 0 Å². The largest absolute Gasteiger partial charge is 0.462 e. The zero-order valence-electron chi connectivity index (χ0n) is 18.5. The van der Waals surface area contributed by atoms with Crippen LogP contribution in [0.2, 0.25) is 0 Å². The number of carbonyl (C=O) groups excluding carboxylic acids is 2. The summed E-state index contributed by atoms with van der Waals surface area (Å²) in [7, 11) is 0. The lowest BCUT2D eigenvalue weighted by Crippen LogP contribution is -2.35. The molecule has 0 radical (unpaired) electrons. The summed E-state index contributed by atoms with van der Waals surface area (Å²) >= 11 is 0. The second kappa shape index (κ2) is 11.5. The SMILES string of the molecule is CCOC(=O)c1ccc(NC(=O)N(C/C(C)=C/c2ccccc2)Cc2ccccc2)cc1. The molecule has 0 aromatic heterocycles. The van der Waals surface area contributed by atoms with Gasteiger partial charge in [-0.05, 0) is 49.2 Å². The number of hydrogen-bond donors (Lipinski definition) is 1. The third kappa shape index (κ3) is 6.84. The topological polar surface area (TPSA) is 58.6 Å². The highest BCUT2D eigenvalue weighted by molar-refractivity contribution is 5.92. The molecule has 0 heterocycles. The lowest BCUT2D eigenvalue weighted by atomic mass is 10.1. The Hall–Kier alpha value is -3.86. The van der Waals surface area contributed by atoms with Crippen LogP contribution in [0.5, 0.6) is 0 Å². The first-order valence-corrected chi connectivity index (χ1v) is 10.6. The standard InChI is InChI=1S/C27H28N2O3/c1-3-32-26(30)24-14-16-25(17-15-24)28-27(31)29(20-23-12-8-5-9-13-23)19-21(2)18-22-10-6-4-7-11-22/h4-18H,3,19-20H2,1-2H3,(H,28,31)/b21-18+. The Labute approximate surface area is 189 Å².